The molecule has 0 unspecified atom stereocenters. The topological polar surface area (TPSA) is 169 Å². The van der Waals surface area contributed by atoms with E-state index in [1.54, 1.807) is 24.3 Å². The highest BCUT2D eigenvalue weighted by atomic mass is 19.3. The third kappa shape index (κ3) is 9.99. The predicted molar refractivity (Wildman–Crippen MR) is 182 cm³/mol. The summed E-state index contributed by atoms with van der Waals surface area (Å²) in [6, 6.07) is 18.5. The van der Waals surface area contributed by atoms with Crippen molar-refractivity contribution in [2.75, 3.05) is 6.54 Å². The first kappa shape index (κ1) is 36.2. The first-order valence-electron chi connectivity index (χ1n) is 17.0. The fourth-order valence-corrected chi connectivity index (χ4v) is 6.65. The normalized spacial score (nSPS) is 19.1. The Morgan fingerprint density at radius 2 is 1.48 bits per heavy atom. The van der Waals surface area contributed by atoms with Gasteiger partial charge in [0.1, 0.15) is 24.7 Å². The molecule has 0 bridgehead atoms. The summed E-state index contributed by atoms with van der Waals surface area (Å²) in [6.45, 7) is 0.396. The van der Waals surface area contributed by atoms with Crippen molar-refractivity contribution < 1.29 is 37.5 Å². The molecule has 1 aliphatic carbocycles. The maximum Gasteiger partial charge on any atom is 0.408 e. The van der Waals surface area contributed by atoms with Gasteiger partial charge >= 0.3 is 6.09 Å². The molecule has 11 nitrogen and oxygen atoms in total. The second kappa shape index (κ2) is 16.6. The minimum atomic E-state index is -2.80. The summed E-state index contributed by atoms with van der Waals surface area (Å²) >= 11 is 0. The molecule has 5 rings (SSSR count). The van der Waals surface area contributed by atoms with Gasteiger partial charge < -0.3 is 31.7 Å². The van der Waals surface area contributed by atoms with Crippen molar-refractivity contribution in [3.8, 4) is 0 Å². The second-order valence-corrected chi connectivity index (χ2v) is 13.2. The highest BCUT2D eigenvalue weighted by Gasteiger charge is 2.38. The first-order chi connectivity index (χ1) is 24.0. The molecular formula is C37H43F2N5O6. The van der Waals surface area contributed by atoms with E-state index in [-0.39, 0.29) is 63.4 Å². The number of alkyl carbamates (subject to hydrolysis) is 1. The number of benzene rings is 3. The Kier molecular flexibility index (Phi) is 12.0. The molecule has 3 aromatic carbocycles. The van der Waals surface area contributed by atoms with Crippen LogP contribution in [0.3, 0.4) is 0 Å². The first-order valence-corrected chi connectivity index (χ1v) is 17.0. The Bertz CT molecular complexity index is 1670. The zero-order chi connectivity index (χ0) is 35.7. The van der Waals surface area contributed by atoms with E-state index in [0.29, 0.717) is 13.0 Å². The average molecular weight is 692 g/mol. The summed E-state index contributed by atoms with van der Waals surface area (Å²) < 4.78 is 33.4. The molecule has 1 saturated carbocycles. The summed E-state index contributed by atoms with van der Waals surface area (Å²) in [5.74, 6) is -6.20. The van der Waals surface area contributed by atoms with E-state index in [4.69, 9.17) is 10.5 Å². The summed E-state index contributed by atoms with van der Waals surface area (Å²) in [6.07, 6.45) is -0.777. The van der Waals surface area contributed by atoms with Crippen LogP contribution in [0.1, 0.15) is 56.1 Å². The van der Waals surface area contributed by atoms with Gasteiger partial charge in [-0.25, -0.2) is 13.6 Å². The van der Waals surface area contributed by atoms with E-state index in [1.807, 2.05) is 48.5 Å². The van der Waals surface area contributed by atoms with E-state index in [9.17, 15) is 32.8 Å². The largest absolute Gasteiger partial charge is 0.445 e. The molecule has 6 N–H and O–H groups in total. The minimum Gasteiger partial charge on any atom is -0.445 e. The third-order valence-corrected chi connectivity index (χ3v) is 9.51. The number of amides is 5. The van der Waals surface area contributed by atoms with Crippen LogP contribution in [-0.4, -0.2) is 60.3 Å². The molecule has 2 aliphatic rings. The van der Waals surface area contributed by atoms with Crippen molar-refractivity contribution in [2.24, 2.45) is 17.6 Å². The molecule has 266 valence electrons. The van der Waals surface area contributed by atoms with Gasteiger partial charge in [-0.1, -0.05) is 72.8 Å². The van der Waals surface area contributed by atoms with Crippen molar-refractivity contribution in [3.05, 3.63) is 83.9 Å². The smallest absolute Gasteiger partial charge is 0.408 e. The van der Waals surface area contributed by atoms with Gasteiger partial charge in [0, 0.05) is 31.7 Å². The second-order valence-electron chi connectivity index (χ2n) is 13.2. The van der Waals surface area contributed by atoms with E-state index >= 15 is 0 Å². The van der Waals surface area contributed by atoms with Gasteiger partial charge in [-0.05, 0) is 59.9 Å². The van der Waals surface area contributed by atoms with Crippen molar-refractivity contribution in [3.63, 3.8) is 0 Å². The summed E-state index contributed by atoms with van der Waals surface area (Å²) in [5, 5.41) is 12.5. The number of hydrogen-bond donors (Lipinski definition) is 5. The Balaban J connectivity index is 1.36. The predicted octanol–water partition coefficient (Wildman–Crippen LogP) is 3.87. The van der Waals surface area contributed by atoms with E-state index in [0.717, 1.165) is 21.9 Å². The lowest BCUT2D eigenvalue weighted by Crippen LogP contribution is -2.57. The van der Waals surface area contributed by atoms with Crippen LogP contribution in [0.15, 0.2) is 72.8 Å². The highest BCUT2D eigenvalue weighted by Crippen LogP contribution is 2.38. The summed E-state index contributed by atoms with van der Waals surface area (Å²) in [5.41, 5.74) is 7.11. The van der Waals surface area contributed by atoms with Crippen LogP contribution < -0.4 is 27.0 Å². The van der Waals surface area contributed by atoms with Gasteiger partial charge in [0.05, 0.1) is 0 Å². The van der Waals surface area contributed by atoms with Gasteiger partial charge in [-0.3, -0.25) is 19.2 Å². The van der Waals surface area contributed by atoms with Gasteiger partial charge in [0.25, 0.3) is 0 Å². The Morgan fingerprint density at radius 1 is 0.820 bits per heavy atom. The number of carbonyl (C=O) groups is 5. The molecule has 1 heterocycles. The fourth-order valence-electron chi connectivity index (χ4n) is 6.65. The zero-order valence-electron chi connectivity index (χ0n) is 27.7. The number of hydrogen-bond acceptors (Lipinski definition) is 6. The standard InChI is InChI=1S/C37H43F2N5O6/c38-37(39)16-13-23(14-17-37)19-30(34(47)42-29(32(40)45)21-27-15-18-41-33(27)46)43-35(48)31(44-36(49)50-22-24-7-2-1-3-8-24)20-26-11-6-10-25-9-4-5-12-28(25)26/h1-12,23,27,29-31H,13-22H2,(H2,40,45)(H,41,46)(H,42,47)(H,43,48)(H,44,49)/t27-,29-,30-,31-/m0/s1. The van der Waals surface area contributed by atoms with Crippen LogP contribution >= 0.6 is 0 Å². The van der Waals surface area contributed by atoms with Crippen molar-refractivity contribution >= 4 is 40.5 Å². The van der Waals surface area contributed by atoms with Crippen LogP contribution in [0.5, 0.6) is 0 Å². The van der Waals surface area contributed by atoms with E-state index in [2.05, 4.69) is 21.3 Å². The molecule has 3 aromatic rings. The van der Waals surface area contributed by atoms with Crippen LogP contribution in [0.25, 0.3) is 10.8 Å². The van der Waals surface area contributed by atoms with Gasteiger partial charge in [-0.2, -0.15) is 0 Å². The maximum atomic E-state index is 14.1. The molecule has 13 heteroatoms. The lowest BCUT2D eigenvalue weighted by molar-refractivity contribution is -0.133. The summed E-state index contributed by atoms with van der Waals surface area (Å²) in [7, 11) is 0. The van der Waals surface area contributed by atoms with Crippen LogP contribution in [0.2, 0.25) is 0 Å². The van der Waals surface area contributed by atoms with E-state index in [1.165, 1.54) is 0 Å². The lowest BCUT2D eigenvalue weighted by Gasteiger charge is -2.32. The number of nitrogens with one attached hydrogen (secondary N) is 4. The van der Waals surface area contributed by atoms with Crippen molar-refractivity contribution in [2.45, 2.75) is 82.0 Å². The molecule has 1 saturated heterocycles. The van der Waals surface area contributed by atoms with Gasteiger partial charge in [0.15, 0.2) is 0 Å². The molecule has 0 spiro atoms. The Morgan fingerprint density at radius 3 is 2.18 bits per heavy atom. The number of primary amides is 1. The number of halogens is 2. The number of fused-ring (bicyclic) bond motifs is 1. The highest BCUT2D eigenvalue weighted by molar-refractivity contribution is 5.94. The number of carbonyl (C=O) groups excluding carboxylic acids is 5. The molecule has 0 aromatic heterocycles. The molecule has 4 atom stereocenters. The molecule has 1 aliphatic heterocycles. The van der Waals surface area contributed by atoms with Crippen LogP contribution in [0.4, 0.5) is 13.6 Å². The quantitative estimate of drug-likeness (QED) is 0.172. The molecule has 50 heavy (non-hydrogen) atoms. The molecule has 5 amide bonds. The molecular weight excluding hydrogens is 648 g/mol. The van der Waals surface area contributed by atoms with Gasteiger partial charge in [0.2, 0.25) is 29.6 Å². The number of rotatable bonds is 14. The van der Waals surface area contributed by atoms with E-state index < -0.39 is 53.8 Å². The monoisotopic (exact) mass is 691 g/mol. The number of nitrogens with two attached hydrogens (primary N) is 1. The molecule has 0 radical (unpaired) electrons. The summed E-state index contributed by atoms with van der Waals surface area (Å²) in [4.78, 5) is 65.5. The lowest BCUT2D eigenvalue weighted by atomic mass is 9.82. The maximum absolute atomic E-state index is 14.1. The average Bonchev–Trinajstić information content (AvgIpc) is 3.51. The third-order valence-electron chi connectivity index (χ3n) is 9.51. The van der Waals surface area contributed by atoms with Crippen molar-refractivity contribution in [1.29, 1.82) is 0 Å². The number of ether oxygens (including phenoxy) is 1. The van der Waals surface area contributed by atoms with Crippen molar-refractivity contribution in [1.82, 2.24) is 21.3 Å². The Hall–Kier alpha value is -5.07. The van der Waals surface area contributed by atoms with Crippen LogP contribution in [-0.2, 0) is 36.9 Å². The molecule has 2 fully saturated rings. The number of alkyl halides is 2. The fraction of sp³-hybridized carbons (Fsp3) is 0.432. The SMILES string of the molecule is NC(=O)[C@H](C[C@@H]1CCNC1=O)NC(=O)[C@H](CC1CCC(F)(F)CC1)NC(=O)[C@H](Cc1cccc2ccccc12)NC(=O)OCc1ccccc1. The van der Waals surface area contributed by atoms with Gasteiger partial charge in [-0.15, -0.1) is 0 Å². The zero-order valence-corrected chi connectivity index (χ0v) is 27.7. The Labute approximate surface area is 289 Å². The van der Waals surface area contributed by atoms with Crippen LogP contribution in [0, 0.1) is 11.8 Å². The minimum absolute atomic E-state index is 0.0164.